The van der Waals surface area contributed by atoms with E-state index < -0.39 is 5.60 Å². The third-order valence-electron chi connectivity index (χ3n) is 6.23. The van der Waals surface area contributed by atoms with Crippen LogP contribution in [0.25, 0.3) is 0 Å². The van der Waals surface area contributed by atoms with Crippen LogP contribution < -0.4 is 4.74 Å². The van der Waals surface area contributed by atoms with Crippen LogP contribution in [0.15, 0.2) is 48.5 Å². The Morgan fingerprint density at radius 3 is 2.38 bits per heavy atom. The number of ether oxygens (including phenoxy) is 2. The van der Waals surface area contributed by atoms with Crippen LogP contribution in [-0.2, 0) is 9.53 Å². The second-order valence-electron chi connectivity index (χ2n) is 8.88. The normalized spacial score (nSPS) is 21.4. The molecule has 1 atom stereocenters. The molecule has 2 aromatic rings. The van der Waals surface area contributed by atoms with Crippen LogP contribution in [0.5, 0.6) is 5.75 Å². The SMILES string of the molecule is CN1CCN(C(=O)C[C@]2(COc3cccc(Cl)c3)CN(C(=O)c3cccc(Cl)c3)CCO2)CC1. The highest BCUT2D eigenvalue weighted by molar-refractivity contribution is 6.31. The Bertz CT molecular complexity index is 1030. The number of piperazine rings is 1. The van der Waals surface area contributed by atoms with E-state index in [4.69, 9.17) is 32.7 Å². The number of hydrogen-bond acceptors (Lipinski definition) is 5. The first kappa shape index (κ1) is 24.8. The van der Waals surface area contributed by atoms with Gasteiger partial charge in [-0.05, 0) is 43.4 Å². The molecule has 34 heavy (non-hydrogen) atoms. The Hall–Kier alpha value is -2.32. The van der Waals surface area contributed by atoms with Crippen molar-refractivity contribution in [3.63, 3.8) is 0 Å². The molecule has 2 aliphatic heterocycles. The van der Waals surface area contributed by atoms with Gasteiger partial charge >= 0.3 is 0 Å². The van der Waals surface area contributed by atoms with E-state index >= 15 is 0 Å². The number of hydrogen-bond donors (Lipinski definition) is 0. The van der Waals surface area contributed by atoms with E-state index in [0.717, 1.165) is 13.1 Å². The van der Waals surface area contributed by atoms with Crippen molar-refractivity contribution in [2.24, 2.45) is 0 Å². The van der Waals surface area contributed by atoms with Crippen LogP contribution in [-0.4, -0.2) is 91.6 Å². The summed E-state index contributed by atoms with van der Waals surface area (Å²) < 4.78 is 12.2. The zero-order valence-electron chi connectivity index (χ0n) is 19.2. The van der Waals surface area contributed by atoms with Crippen molar-refractivity contribution in [3.05, 3.63) is 64.1 Å². The van der Waals surface area contributed by atoms with Gasteiger partial charge in [-0.15, -0.1) is 0 Å². The van der Waals surface area contributed by atoms with Crippen molar-refractivity contribution in [3.8, 4) is 5.75 Å². The second-order valence-corrected chi connectivity index (χ2v) is 9.75. The van der Waals surface area contributed by atoms with Crippen molar-refractivity contribution in [2.75, 3.05) is 59.5 Å². The Morgan fingerprint density at radius 2 is 1.68 bits per heavy atom. The summed E-state index contributed by atoms with van der Waals surface area (Å²) >= 11 is 12.2. The van der Waals surface area contributed by atoms with Crippen molar-refractivity contribution >= 4 is 35.0 Å². The van der Waals surface area contributed by atoms with Gasteiger partial charge in [0.1, 0.15) is 18.0 Å². The molecule has 0 spiro atoms. The summed E-state index contributed by atoms with van der Waals surface area (Å²) in [5.41, 5.74) is -0.473. The van der Waals surface area contributed by atoms with Crippen LogP contribution in [0.4, 0.5) is 0 Å². The highest BCUT2D eigenvalue weighted by Crippen LogP contribution is 2.28. The number of carbonyl (C=O) groups is 2. The molecular formula is C25H29Cl2N3O4. The van der Waals surface area contributed by atoms with Gasteiger partial charge in [0.2, 0.25) is 5.91 Å². The Labute approximate surface area is 210 Å². The molecule has 2 aliphatic rings. The van der Waals surface area contributed by atoms with Gasteiger partial charge in [0, 0.05) is 48.3 Å². The smallest absolute Gasteiger partial charge is 0.254 e. The van der Waals surface area contributed by atoms with Crippen LogP contribution in [0.1, 0.15) is 16.8 Å². The van der Waals surface area contributed by atoms with Gasteiger partial charge in [0.05, 0.1) is 19.6 Å². The fraction of sp³-hybridized carbons (Fsp3) is 0.440. The first-order chi connectivity index (χ1) is 16.3. The summed E-state index contributed by atoms with van der Waals surface area (Å²) in [7, 11) is 2.05. The van der Waals surface area contributed by atoms with E-state index in [2.05, 4.69) is 4.90 Å². The maximum absolute atomic E-state index is 13.3. The van der Waals surface area contributed by atoms with E-state index in [0.29, 0.717) is 47.6 Å². The maximum Gasteiger partial charge on any atom is 0.254 e. The molecule has 0 aliphatic carbocycles. The molecule has 4 rings (SSSR count). The molecule has 0 bridgehead atoms. The average molecular weight is 506 g/mol. The topological polar surface area (TPSA) is 62.3 Å². The molecule has 0 unspecified atom stereocenters. The van der Waals surface area contributed by atoms with Gasteiger partial charge in [0.15, 0.2) is 0 Å². The van der Waals surface area contributed by atoms with Gasteiger partial charge in [-0.25, -0.2) is 0 Å². The Morgan fingerprint density at radius 1 is 0.971 bits per heavy atom. The number of likely N-dealkylation sites (N-methyl/N-ethyl adjacent to an activating group) is 1. The molecule has 0 radical (unpaired) electrons. The predicted molar refractivity (Wildman–Crippen MR) is 132 cm³/mol. The molecule has 2 aromatic carbocycles. The quantitative estimate of drug-likeness (QED) is 0.601. The number of morpholine rings is 1. The molecule has 9 heteroatoms. The minimum Gasteiger partial charge on any atom is -0.490 e. The lowest BCUT2D eigenvalue weighted by atomic mass is 9.96. The summed E-state index contributed by atoms with van der Waals surface area (Å²) in [6.07, 6.45) is 0.122. The van der Waals surface area contributed by atoms with Gasteiger partial charge < -0.3 is 24.2 Å². The fourth-order valence-electron chi connectivity index (χ4n) is 4.28. The van der Waals surface area contributed by atoms with Crippen LogP contribution in [0.2, 0.25) is 10.0 Å². The Balaban J connectivity index is 1.53. The molecular weight excluding hydrogens is 477 g/mol. The number of carbonyl (C=O) groups excluding carboxylic acids is 2. The largest absolute Gasteiger partial charge is 0.490 e. The zero-order valence-corrected chi connectivity index (χ0v) is 20.7. The summed E-state index contributed by atoms with van der Waals surface area (Å²) in [5.74, 6) is 0.436. The summed E-state index contributed by atoms with van der Waals surface area (Å²) in [6, 6.07) is 14.0. The minimum atomic E-state index is -0.977. The third kappa shape index (κ3) is 6.21. The molecule has 2 heterocycles. The number of halogens is 2. The number of amides is 2. The number of benzene rings is 2. The summed E-state index contributed by atoms with van der Waals surface area (Å²) in [6.45, 7) is 4.09. The summed E-state index contributed by atoms with van der Waals surface area (Å²) in [5, 5.41) is 1.06. The third-order valence-corrected chi connectivity index (χ3v) is 6.70. The highest BCUT2D eigenvalue weighted by Gasteiger charge is 2.42. The molecule has 2 saturated heterocycles. The maximum atomic E-state index is 13.3. The monoisotopic (exact) mass is 505 g/mol. The predicted octanol–water partition coefficient (Wildman–Crippen LogP) is 3.45. The lowest BCUT2D eigenvalue weighted by Gasteiger charge is -2.43. The Kier molecular flexibility index (Phi) is 7.99. The lowest BCUT2D eigenvalue weighted by molar-refractivity contribution is -0.154. The van der Waals surface area contributed by atoms with Crippen LogP contribution >= 0.6 is 23.2 Å². The van der Waals surface area contributed by atoms with E-state index in [1.54, 1.807) is 53.4 Å². The van der Waals surface area contributed by atoms with E-state index in [1.165, 1.54) is 0 Å². The van der Waals surface area contributed by atoms with Gasteiger partial charge in [-0.3, -0.25) is 9.59 Å². The molecule has 2 fully saturated rings. The van der Waals surface area contributed by atoms with Gasteiger partial charge in [-0.1, -0.05) is 35.3 Å². The van der Waals surface area contributed by atoms with Crippen LogP contribution in [0, 0.1) is 0 Å². The van der Waals surface area contributed by atoms with Crippen molar-refractivity contribution < 1.29 is 19.1 Å². The zero-order chi connectivity index (χ0) is 24.1. The molecule has 2 amide bonds. The molecule has 182 valence electrons. The molecule has 0 N–H and O–H groups in total. The van der Waals surface area contributed by atoms with Crippen LogP contribution in [0.3, 0.4) is 0 Å². The van der Waals surface area contributed by atoms with Crippen molar-refractivity contribution in [2.45, 2.75) is 12.0 Å². The van der Waals surface area contributed by atoms with E-state index in [-0.39, 0.29) is 31.4 Å². The first-order valence-corrected chi connectivity index (χ1v) is 12.1. The first-order valence-electron chi connectivity index (χ1n) is 11.4. The average Bonchev–Trinajstić information content (AvgIpc) is 2.83. The molecule has 7 nitrogen and oxygen atoms in total. The van der Waals surface area contributed by atoms with Gasteiger partial charge in [0.25, 0.3) is 5.91 Å². The fourth-order valence-corrected chi connectivity index (χ4v) is 4.65. The molecule has 0 saturated carbocycles. The van der Waals surface area contributed by atoms with Crippen molar-refractivity contribution in [1.82, 2.24) is 14.7 Å². The van der Waals surface area contributed by atoms with E-state index in [1.807, 2.05) is 11.9 Å². The highest BCUT2D eigenvalue weighted by atomic mass is 35.5. The lowest BCUT2D eigenvalue weighted by Crippen LogP contribution is -2.59. The van der Waals surface area contributed by atoms with Gasteiger partial charge in [-0.2, -0.15) is 0 Å². The molecule has 0 aromatic heterocycles. The number of rotatable bonds is 6. The number of nitrogens with zero attached hydrogens (tertiary/aromatic N) is 3. The minimum absolute atomic E-state index is 0.000140. The summed E-state index contributed by atoms with van der Waals surface area (Å²) in [4.78, 5) is 32.3. The van der Waals surface area contributed by atoms with E-state index in [9.17, 15) is 9.59 Å². The standard InChI is InChI=1S/C25H29Cl2N3O4/c1-28-8-10-29(11-9-28)23(31)16-25(18-33-22-7-3-6-21(27)15-22)17-30(12-13-34-25)24(32)19-4-2-5-20(26)14-19/h2-7,14-15H,8-13,16-18H2,1H3/t25-/m1/s1. The van der Waals surface area contributed by atoms with Crippen molar-refractivity contribution in [1.29, 1.82) is 0 Å². The second kappa shape index (κ2) is 11.0.